The SMILES string of the molecule is COC(=O)c1ccc2c(=O)[nH]c(CN(Cc3ccccc3C(F)(F)F)C3CC3)nc2c1. The van der Waals surface area contributed by atoms with Gasteiger partial charge >= 0.3 is 12.1 Å². The summed E-state index contributed by atoms with van der Waals surface area (Å²) < 4.78 is 44.9. The molecule has 4 rings (SSSR count). The fraction of sp³-hybridized carbons (Fsp3) is 0.318. The van der Waals surface area contributed by atoms with Crippen LogP contribution in [0.1, 0.15) is 40.2 Å². The molecule has 1 saturated carbocycles. The molecule has 1 heterocycles. The van der Waals surface area contributed by atoms with Gasteiger partial charge in [-0.05, 0) is 42.7 Å². The van der Waals surface area contributed by atoms with Crippen molar-refractivity contribution in [2.24, 2.45) is 0 Å². The van der Waals surface area contributed by atoms with E-state index in [9.17, 15) is 22.8 Å². The van der Waals surface area contributed by atoms with Crippen molar-refractivity contribution < 1.29 is 22.7 Å². The molecule has 0 amide bonds. The molecule has 1 aliphatic carbocycles. The average molecular weight is 431 g/mol. The monoisotopic (exact) mass is 431 g/mol. The van der Waals surface area contributed by atoms with E-state index in [4.69, 9.17) is 4.74 Å². The zero-order valence-electron chi connectivity index (χ0n) is 16.7. The topological polar surface area (TPSA) is 75.3 Å². The number of carbonyl (C=O) groups excluding carboxylic acids is 1. The lowest BCUT2D eigenvalue weighted by atomic mass is 10.1. The number of aromatic nitrogens is 2. The van der Waals surface area contributed by atoms with Crippen LogP contribution >= 0.6 is 0 Å². The molecule has 162 valence electrons. The number of H-pyrrole nitrogens is 1. The van der Waals surface area contributed by atoms with Gasteiger partial charge in [-0.25, -0.2) is 9.78 Å². The van der Waals surface area contributed by atoms with Gasteiger partial charge in [0, 0.05) is 12.6 Å². The third kappa shape index (κ3) is 4.61. The highest BCUT2D eigenvalue weighted by molar-refractivity contribution is 5.93. The molecule has 0 unspecified atom stereocenters. The van der Waals surface area contributed by atoms with Crippen LogP contribution in [0.3, 0.4) is 0 Å². The standard InChI is InChI=1S/C22H20F3N3O3/c1-31-21(30)13-6-9-16-18(10-13)26-19(27-20(16)29)12-28(15-7-8-15)11-14-4-2-3-5-17(14)22(23,24)25/h2-6,9-10,15H,7-8,11-12H2,1H3,(H,26,27,29). The van der Waals surface area contributed by atoms with Crippen LogP contribution < -0.4 is 5.56 Å². The van der Waals surface area contributed by atoms with Gasteiger partial charge in [0.15, 0.2) is 0 Å². The summed E-state index contributed by atoms with van der Waals surface area (Å²) in [5, 5.41) is 0.316. The summed E-state index contributed by atoms with van der Waals surface area (Å²) in [6.45, 7) is 0.273. The van der Waals surface area contributed by atoms with Crippen LogP contribution in [0, 0.1) is 0 Å². The third-order valence-electron chi connectivity index (χ3n) is 5.29. The fourth-order valence-corrected chi connectivity index (χ4v) is 3.61. The van der Waals surface area contributed by atoms with Crippen molar-refractivity contribution in [1.82, 2.24) is 14.9 Å². The van der Waals surface area contributed by atoms with Crippen LogP contribution in [-0.2, 0) is 24.0 Å². The first-order valence-electron chi connectivity index (χ1n) is 9.76. The van der Waals surface area contributed by atoms with Crippen molar-refractivity contribution in [3.63, 3.8) is 0 Å². The average Bonchev–Trinajstić information content (AvgIpc) is 3.57. The maximum atomic E-state index is 13.4. The van der Waals surface area contributed by atoms with Crippen LogP contribution in [0.4, 0.5) is 13.2 Å². The molecule has 0 atom stereocenters. The summed E-state index contributed by atoms with van der Waals surface area (Å²) >= 11 is 0. The van der Waals surface area contributed by atoms with Crippen LogP contribution in [0.2, 0.25) is 0 Å². The number of aromatic amines is 1. The van der Waals surface area contributed by atoms with Gasteiger partial charge in [0.1, 0.15) is 5.82 Å². The van der Waals surface area contributed by atoms with E-state index in [0.717, 1.165) is 18.9 Å². The van der Waals surface area contributed by atoms with Crippen molar-refractivity contribution in [2.45, 2.75) is 38.1 Å². The smallest absolute Gasteiger partial charge is 0.416 e. The molecule has 0 spiro atoms. The van der Waals surface area contributed by atoms with Crippen LogP contribution in [-0.4, -0.2) is 34.0 Å². The maximum absolute atomic E-state index is 13.4. The Morgan fingerprint density at radius 3 is 2.61 bits per heavy atom. The number of rotatable bonds is 6. The van der Waals surface area contributed by atoms with Crippen molar-refractivity contribution in [2.75, 3.05) is 7.11 Å². The molecule has 0 aliphatic heterocycles. The Hall–Kier alpha value is -3.20. The van der Waals surface area contributed by atoms with E-state index < -0.39 is 17.7 Å². The summed E-state index contributed by atoms with van der Waals surface area (Å²) in [4.78, 5) is 33.3. The summed E-state index contributed by atoms with van der Waals surface area (Å²) in [5.41, 5.74) is -0.269. The second kappa shape index (κ2) is 8.14. The summed E-state index contributed by atoms with van der Waals surface area (Å²) in [6, 6.07) is 10.1. The van der Waals surface area contributed by atoms with Gasteiger partial charge in [-0.2, -0.15) is 13.2 Å². The Labute approximate surface area is 175 Å². The highest BCUT2D eigenvalue weighted by Crippen LogP contribution is 2.35. The lowest BCUT2D eigenvalue weighted by molar-refractivity contribution is -0.138. The molecule has 6 nitrogen and oxygen atoms in total. The third-order valence-corrected chi connectivity index (χ3v) is 5.29. The molecule has 0 bridgehead atoms. The number of ether oxygens (including phenoxy) is 1. The van der Waals surface area contributed by atoms with E-state index in [0.29, 0.717) is 16.7 Å². The fourth-order valence-electron chi connectivity index (χ4n) is 3.61. The lowest BCUT2D eigenvalue weighted by Gasteiger charge is -2.23. The van der Waals surface area contributed by atoms with Crippen LogP contribution in [0.25, 0.3) is 10.9 Å². The van der Waals surface area contributed by atoms with Gasteiger partial charge in [-0.15, -0.1) is 0 Å². The number of halogens is 3. The number of alkyl halides is 3. The highest BCUT2D eigenvalue weighted by Gasteiger charge is 2.35. The van der Waals surface area contributed by atoms with E-state index in [1.165, 1.54) is 37.4 Å². The molecule has 9 heteroatoms. The largest absolute Gasteiger partial charge is 0.465 e. The minimum Gasteiger partial charge on any atom is -0.465 e. The zero-order valence-corrected chi connectivity index (χ0v) is 16.7. The second-order valence-electron chi connectivity index (χ2n) is 7.53. The van der Waals surface area contributed by atoms with Crippen LogP contribution in [0.15, 0.2) is 47.3 Å². The first kappa shape index (κ1) is 21.0. The number of fused-ring (bicyclic) bond motifs is 1. The Morgan fingerprint density at radius 2 is 1.94 bits per heavy atom. The van der Waals surface area contributed by atoms with E-state index in [-0.39, 0.29) is 35.8 Å². The molecule has 1 aromatic heterocycles. The minimum atomic E-state index is -4.44. The Morgan fingerprint density at radius 1 is 1.19 bits per heavy atom. The molecular formula is C22H20F3N3O3. The van der Waals surface area contributed by atoms with Crippen molar-refractivity contribution in [3.05, 3.63) is 75.3 Å². The zero-order chi connectivity index (χ0) is 22.2. The first-order chi connectivity index (χ1) is 14.8. The quantitative estimate of drug-likeness (QED) is 0.600. The molecular weight excluding hydrogens is 411 g/mol. The van der Waals surface area contributed by atoms with Gasteiger partial charge < -0.3 is 9.72 Å². The molecule has 2 aromatic carbocycles. The lowest BCUT2D eigenvalue weighted by Crippen LogP contribution is -2.28. The highest BCUT2D eigenvalue weighted by atomic mass is 19.4. The molecule has 1 aliphatic rings. The molecule has 3 aromatic rings. The van der Waals surface area contributed by atoms with E-state index in [1.54, 1.807) is 6.07 Å². The number of carbonyl (C=O) groups is 1. The molecule has 0 saturated heterocycles. The van der Waals surface area contributed by atoms with Gasteiger partial charge in [-0.3, -0.25) is 9.69 Å². The number of nitrogens with zero attached hydrogens (tertiary/aromatic N) is 2. The number of nitrogens with one attached hydrogen (secondary N) is 1. The molecule has 1 fully saturated rings. The Kier molecular flexibility index (Phi) is 5.53. The number of hydrogen-bond donors (Lipinski definition) is 1. The number of benzene rings is 2. The second-order valence-corrected chi connectivity index (χ2v) is 7.53. The van der Waals surface area contributed by atoms with E-state index >= 15 is 0 Å². The predicted octanol–water partition coefficient (Wildman–Crippen LogP) is 3.89. The Balaban J connectivity index is 1.65. The minimum absolute atomic E-state index is 0.0876. The van der Waals surface area contributed by atoms with Gasteiger partial charge in [0.25, 0.3) is 5.56 Å². The molecule has 31 heavy (non-hydrogen) atoms. The number of hydrogen-bond acceptors (Lipinski definition) is 5. The van der Waals surface area contributed by atoms with Gasteiger partial charge in [0.05, 0.1) is 35.7 Å². The van der Waals surface area contributed by atoms with Crippen molar-refractivity contribution in [1.29, 1.82) is 0 Å². The molecule has 1 N–H and O–H groups in total. The predicted molar refractivity (Wildman–Crippen MR) is 107 cm³/mol. The summed E-state index contributed by atoms with van der Waals surface area (Å²) in [6.07, 6.45) is -2.69. The van der Waals surface area contributed by atoms with Crippen molar-refractivity contribution in [3.8, 4) is 0 Å². The maximum Gasteiger partial charge on any atom is 0.416 e. The van der Waals surface area contributed by atoms with E-state index in [2.05, 4.69) is 9.97 Å². The van der Waals surface area contributed by atoms with Crippen LogP contribution in [0.5, 0.6) is 0 Å². The van der Waals surface area contributed by atoms with E-state index in [1.807, 2.05) is 4.90 Å². The summed E-state index contributed by atoms with van der Waals surface area (Å²) in [5.74, 6) is -0.218. The van der Waals surface area contributed by atoms with Gasteiger partial charge in [0.2, 0.25) is 0 Å². The van der Waals surface area contributed by atoms with Gasteiger partial charge in [-0.1, -0.05) is 18.2 Å². The summed E-state index contributed by atoms with van der Waals surface area (Å²) in [7, 11) is 1.26. The van der Waals surface area contributed by atoms with Crippen molar-refractivity contribution >= 4 is 16.9 Å². The molecule has 0 radical (unpaired) electrons. The number of esters is 1. The normalized spacial score (nSPS) is 14.2. The Bertz CT molecular complexity index is 1190. The number of methoxy groups -OCH3 is 1. The first-order valence-corrected chi connectivity index (χ1v) is 9.76.